The minimum absolute atomic E-state index is 0.156. The number of hydrogen-bond acceptors (Lipinski definition) is 6. The van der Waals surface area contributed by atoms with Gasteiger partial charge in [0.05, 0.1) is 33.9 Å². The van der Waals surface area contributed by atoms with E-state index in [2.05, 4.69) is 39.6 Å². The number of aromatic nitrogens is 3. The Morgan fingerprint density at radius 2 is 1.90 bits per heavy atom. The molecule has 7 nitrogen and oxygen atoms in total. The summed E-state index contributed by atoms with van der Waals surface area (Å²) in [6, 6.07) is 3.13. The Morgan fingerprint density at radius 1 is 1.13 bits per heavy atom. The SMILES string of the molecule is CCOC(=O)N1CCCC(N2CCC(n3nccc3-c3sc(C)nc3C)CC2)CC1. The molecule has 0 N–H and O–H groups in total. The van der Waals surface area contributed by atoms with Gasteiger partial charge in [0.25, 0.3) is 0 Å². The first-order valence-electron chi connectivity index (χ1n) is 11.2. The van der Waals surface area contributed by atoms with E-state index >= 15 is 0 Å². The van der Waals surface area contributed by atoms with E-state index in [0.29, 0.717) is 18.7 Å². The summed E-state index contributed by atoms with van der Waals surface area (Å²) in [5.41, 5.74) is 2.30. The van der Waals surface area contributed by atoms with Gasteiger partial charge in [-0.1, -0.05) is 0 Å². The molecule has 2 saturated heterocycles. The number of piperidine rings is 1. The van der Waals surface area contributed by atoms with Crippen LogP contribution in [0.25, 0.3) is 10.6 Å². The van der Waals surface area contributed by atoms with E-state index in [1.54, 1.807) is 11.3 Å². The van der Waals surface area contributed by atoms with E-state index in [-0.39, 0.29) is 6.09 Å². The van der Waals surface area contributed by atoms with Crippen molar-refractivity contribution in [1.29, 1.82) is 0 Å². The third kappa shape index (κ3) is 4.54. The average Bonchev–Trinajstić information content (AvgIpc) is 3.25. The fourth-order valence-electron chi connectivity index (χ4n) is 4.89. The van der Waals surface area contributed by atoms with E-state index in [1.165, 1.54) is 10.6 Å². The molecule has 1 unspecified atom stereocenters. The van der Waals surface area contributed by atoms with Crippen molar-refractivity contribution >= 4 is 17.4 Å². The monoisotopic (exact) mass is 431 g/mol. The summed E-state index contributed by atoms with van der Waals surface area (Å²) in [5.74, 6) is 0. The van der Waals surface area contributed by atoms with Gasteiger partial charge < -0.3 is 14.5 Å². The number of thiazole rings is 1. The summed E-state index contributed by atoms with van der Waals surface area (Å²) in [7, 11) is 0. The lowest BCUT2D eigenvalue weighted by Gasteiger charge is -2.37. The van der Waals surface area contributed by atoms with Crippen LogP contribution in [-0.2, 0) is 4.74 Å². The van der Waals surface area contributed by atoms with Crippen LogP contribution in [0.1, 0.15) is 55.8 Å². The largest absolute Gasteiger partial charge is 0.450 e. The van der Waals surface area contributed by atoms with Crippen molar-refractivity contribution in [3.63, 3.8) is 0 Å². The van der Waals surface area contributed by atoms with Crippen molar-refractivity contribution in [3.8, 4) is 10.6 Å². The van der Waals surface area contributed by atoms with E-state index in [1.807, 2.05) is 18.0 Å². The van der Waals surface area contributed by atoms with Gasteiger partial charge in [0.2, 0.25) is 0 Å². The normalized spacial score (nSPS) is 21.6. The highest BCUT2D eigenvalue weighted by Gasteiger charge is 2.30. The van der Waals surface area contributed by atoms with Crippen molar-refractivity contribution in [3.05, 3.63) is 23.0 Å². The zero-order valence-electron chi connectivity index (χ0n) is 18.3. The second kappa shape index (κ2) is 9.47. The van der Waals surface area contributed by atoms with Gasteiger partial charge in [0.15, 0.2) is 0 Å². The van der Waals surface area contributed by atoms with Crippen LogP contribution in [0.5, 0.6) is 0 Å². The fraction of sp³-hybridized carbons (Fsp3) is 0.682. The molecule has 4 heterocycles. The molecule has 0 aliphatic carbocycles. The molecule has 0 bridgehead atoms. The highest BCUT2D eigenvalue weighted by molar-refractivity contribution is 7.15. The number of ether oxygens (including phenoxy) is 1. The van der Waals surface area contributed by atoms with Crippen molar-refractivity contribution in [2.24, 2.45) is 0 Å². The third-order valence-corrected chi connectivity index (χ3v) is 7.49. The summed E-state index contributed by atoms with van der Waals surface area (Å²) >= 11 is 1.76. The summed E-state index contributed by atoms with van der Waals surface area (Å²) in [4.78, 5) is 22.4. The molecule has 1 amide bonds. The number of aryl methyl sites for hydroxylation is 2. The van der Waals surface area contributed by atoms with E-state index in [9.17, 15) is 4.79 Å². The molecule has 0 spiro atoms. The number of nitrogens with zero attached hydrogens (tertiary/aromatic N) is 5. The number of rotatable bonds is 4. The van der Waals surface area contributed by atoms with Crippen LogP contribution >= 0.6 is 11.3 Å². The van der Waals surface area contributed by atoms with Crippen molar-refractivity contribution < 1.29 is 9.53 Å². The number of carbonyl (C=O) groups is 1. The Balaban J connectivity index is 1.36. The van der Waals surface area contributed by atoms with Gasteiger partial charge in [-0.25, -0.2) is 9.78 Å². The second-order valence-corrected chi connectivity index (χ2v) is 9.55. The minimum atomic E-state index is -0.156. The molecule has 2 aliphatic rings. The third-order valence-electron chi connectivity index (χ3n) is 6.39. The maximum absolute atomic E-state index is 12.1. The highest BCUT2D eigenvalue weighted by Crippen LogP contribution is 2.34. The van der Waals surface area contributed by atoms with E-state index in [0.717, 1.165) is 69.0 Å². The number of likely N-dealkylation sites (tertiary alicyclic amines) is 2. The van der Waals surface area contributed by atoms with Gasteiger partial charge in [-0.15, -0.1) is 11.3 Å². The first-order chi connectivity index (χ1) is 14.6. The Kier molecular flexibility index (Phi) is 6.73. The molecule has 0 saturated carbocycles. The molecule has 2 aromatic rings. The number of carbonyl (C=O) groups excluding carboxylic acids is 1. The quantitative estimate of drug-likeness (QED) is 0.723. The van der Waals surface area contributed by atoms with Gasteiger partial charge >= 0.3 is 6.09 Å². The second-order valence-electron chi connectivity index (χ2n) is 8.35. The zero-order chi connectivity index (χ0) is 21.1. The fourth-order valence-corrected chi connectivity index (χ4v) is 5.83. The summed E-state index contributed by atoms with van der Waals surface area (Å²) in [6.07, 6.45) is 7.25. The zero-order valence-corrected chi connectivity index (χ0v) is 19.2. The van der Waals surface area contributed by atoms with Crippen LogP contribution in [0.4, 0.5) is 4.79 Å². The molecule has 2 fully saturated rings. The van der Waals surface area contributed by atoms with Crippen molar-refractivity contribution in [1.82, 2.24) is 24.6 Å². The molecule has 30 heavy (non-hydrogen) atoms. The van der Waals surface area contributed by atoms with E-state index in [4.69, 9.17) is 4.74 Å². The molecule has 0 radical (unpaired) electrons. The van der Waals surface area contributed by atoms with Gasteiger partial charge in [-0.3, -0.25) is 4.68 Å². The summed E-state index contributed by atoms with van der Waals surface area (Å²) in [5, 5.41) is 5.79. The smallest absolute Gasteiger partial charge is 0.409 e. The lowest BCUT2D eigenvalue weighted by molar-refractivity contribution is 0.103. The Hall–Kier alpha value is -1.93. The molecule has 8 heteroatoms. The maximum atomic E-state index is 12.1. The van der Waals surface area contributed by atoms with E-state index < -0.39 is 0 Å². The number of amides is 1. The summed E-state index contributed by atoms with van der Waals surface area (Å²) in [6.45, 7) is 10.3. The van der Waals surface area contributed by atoms with Crippen LogP contribution in [0.3, 0.4) is 0 Å². The minimum Gasteiger partial charge on any atom is -0.450 e. The van der Waals surface area contributed by atoms with Crippen LogP contribution in [0, 0.1) is 13.8 Å². The average molecular weight is 432 g/mol. The van der Waals surface area contributed by atoms with Gasteiger partial charge in [-0.2, -0.15) is 5.10 Å². The predicted octanol–water partition coefficient (Wildman–Crippen LogP) is 4.27. The lowest BCUT2D eigenvalue weighted by atomic mass is 9.99. The standard InChI is InChI=1S/C22H33N5O2S/c1-4-29-22(28)26-12-5-6-18(8-15-26)25-13-9-19(10-14-25)27-20(7-11-23-27)21-16(2)24-17(3)30-21/h7,11,18-19H,4-6,8-10,12-15H2,1-3H3. The van der Waals surface area contributed by atoms with Crippen LogP contribution < -0.4 is 0 Å². The molecule has 4 rings (SSSR count). The molecule has 2 aromatic heterocycles. The molecule has 0 aromatic carbocycles. The molecule has 164 valence electrons. The number of hydrogen-bond donors (Lipinski definition) is 0. The Bertz CT molecular complexity index is 856. The predicted molar refractivity (Wildman–Crippen MR) is 119 cm³/mol. The van der Waals surface area contributed by atoms with Gasteiger partial charge in [0, 0.05) is 38.4 Å². The Morgan fingerprint density at radius 3 is 2.60 bits per heavy atom. The van der Waals surface area contributed by atoms with Gasteiger partial charge in [0.1, 0.15) is 0 Å². The highest BCUT2D eigenvalue weighted by atomic mass is 32.1. The van der Waals surface area contributed by atoms with Gasteiger partial charge in [-0.05, 0) is 58.9 Å². The molecule has 1 atom stereocenters. The van der Waals surface area contributed by atoms with Crippen molar-refractivity contribution in [2.75, 3.05) is 32.8 Å². The Labute approximate surface area is 183 Å². The van der Waals surface area contributed by atoms with Crippen molar-refractivity contribution in [2.45, 2.75) is 65.0 Å². The first-order valence-corrected chi connectivity index (χ1v) is 12.0. The summed E-state index contributed by atoms with van der Waals surface area (Å²) < 4.78 is 7.42. The maximum Gasteiger partial charge on any atom is 0.409 e. The molecular weight excluding hydrogens is 398 g/mol. The molecule has 2 aliphatic heterocycles. The first kappa shape index (κ1) is 21.3. The van der Waals surface area contributed by atoms with Crippen LogP contribution in [0.2, 0.25) is 0 Å². The molecular formula is C22H33N5O2S. The van der Waals surface area contributed by atoms with Crippen LogP contribution in [-0.4, -0.2) is 69.5 Å². The lowest BCUT2D eigenvalue weighted by Crippen LogP contribution is -2.42. The topological polar surface area (TPSA) is 63.5 Å². The van der Waals surface area contributed by atoms with Crippen LogP contribution in [0.15, 0.2) is 12.3 Å².